The van der Waals surface area contributed by atoms with Gasteiger partial charge < -0.3 is 4.90 Å². The van der Waals surface area contributed by atoms with Gasteiger partial charge in [-0.3, -0.25) is 4.79 Å². The molecule has 17 heavy (non-hydrogen) atoms. The molecule has 0 atom stereocenters. The third-order valence-corrected chi connectivity index (χ3v) is 2.86. The van der Waals surface area contributed by atoms with Crippen molar-refractivity contribution in [3.05, 3.63) is 42.5 Å². The summed E-state index contributed by atoms with van der Waals surface area (Å²) in [5, 5.41) is 0. The van der Waals surface area contributed by atoms with Crippen molar-refractivity contribution in [2.45, 2.75) is 26.3 Å². The van der Waals surface area contributed by atoms with Crippen LogP contribution in [0.3, 0.4) is 0 Å². The van der Waals surface area contributed by atoms with Crippen molar-refractivity contribution >= 4 is 17.4 Å². The van der Waals surface area contributed by atoms with Crippen LogP contribution in [-0.2, 0) is 4.79 Å². The van der Waals surface area contributed by atoms with Crippen LogP contribution < -0.4 is 4.90 Å². The van der Waals surface area contributed by atoms with Gasteiger partial charge >= 0.3 is 0 Å². The zero-order chi connectivity index (χ0) is 12.5. The number of amides is 1. The molecule has 0 aliphatic carbocycles. The molecule has 1 aliphatic rings. The third kappa shape index (κ3) is 1.88. The second kappa shape index (κ2) is 4.17. The highest BCUT2D eigenvalue weighted by Gasteiger charge is 2.42. The largest absolute Gasteiger partial charge is 0.312 e. The first-order chi connectivity index (χ1) is 8.07. The number of rotatable bonds is 2. The summed E-state index contributed by atoms with van der Waals surface area (Å²) in [6.45, 7) is 5.70. The Balaban J connectivity index is 2.49. The predicted octanol–water partition coefficient (Wildman–Crippen LogP) is 2.79. The molecule has 2 rings (SSSR count). The molecule has 0 saturated carbocycles. The quantitative estimate of drug-likeness (QED) is 0.779. The van der Waals surface area contributed by atoms with E-state index in [0.717, 1.165) is 5.69 Å². The number of carbonyl (C=O) groups excluding carboxylic acids is 1. The molecular weight excluding hydrogens is 212 g/mol. The molecule has 0 spiro atoms. The van der Waals surface area contributed by atoms with Gasteiger partial charge in [0.2, 0.25) is 0 Å². The molecule has 0 saturated heterocycles. The SMILES string of the molecule is CC=CC1=NC(=O)C(C)(C)N1c1ccccc1. The van der Waals surface area contributed by atoms with E-state index in [1.165, 1.54) is 0 Å². The summed E-state index contributed by atoms with van der Waals surface area (Å²) in [4.78, 5) is 18.0. The van der Waals surface area contributed by atoms with E-state index in [-0.39, 0.29) is 5.91 Å². The topological polar surface area (TPSA) is 32.7 Å². The fourth-order valence-corrected chi connectivity index (χ4v) is 1.97. The lowest BCUT2D eigenvalue weighted by molar-refractivity contribution is -0.120. The van der Waals surface area contributed by atoms with Gasteiger partial charge in [-0.25, -0.2) is 0 Å². The van der Waals surface area contributed by atoms with Crippen molar-refractivity contribution in [3.8, 4) is 0 Å². The van der Waals surface area contributed by atoms with Gasteiger partial charge in [-0.05, 0) is 39.0 Å². The van der Waals surface area contributed by atoms with E-state index in [0.29, 0.717) is 5.84 Å². The Labute approximate surface area is 101 Å². The number of anilines is 1. The second-order valence-electron chi connectivity index (χ2n) is 4.51. The van der Waals surface area contributed by atoms with Crippen LogP contribution in [0, 0.1) is 0 Å². The number of para-hydroxylation sites is 1. The number of carbonyl (C=O) groups is 1. The Kier molecular flexibility index (Phi) is 2.84. The first kappa shape index (κ1) is 11.6. The summed E-state index contributed by atoms with van der Waals surface area (Å²) < 4.78 is 0. The minimum absolute atomic E-state index is 0.102. The zero-order valence-electron chi connectivity index (χ0n) is 10.3. The van der Waals surface area contributed by atoms with E-state index in [2.05, 4.69) is 4.99 Å². The van der Waals surface area contributed by atoms with E-state index in [9.17, 15) is 4.79 Å². The Bertz CT molecular complexity index is 486. The molecule has 3 nitrogen and oxygen atoms in total. The lowest BCUT2D eigenvalue weighted by Crippen LogP contribution is -2.46. The van der Waals surface area contributed by atoms with E-state index < -0.39 is 5.54 Å². The third-order valence-electron chi connectivity index (χ3n) is 2.86. The number of allylic oxidation sites excluding steroid dienone is 1. The van der Waals surface area contributed by atoms with Crippen molar-refractivity contribution in [3.63, 3.8) is 0 Å². The Morgan fingerprint density at radius 1 is 1.24 bits per heavy atom. The maximum absolute atomic E-state index is 11.9. The average molecular weight is 228 g/mol. The van der Waals surface area contributed by atoms with Crippen LogP contribution >= 0.6 is 0 Å². The summed E-state index contributed by atoms with van der Waals surface area (Å²) in [6, 6.07) is 9.85. The van der Waals surface area contributed by atoms with E-state index in [4.69, 9.17) is 0 Å². The Morgan fingerprint density at radius 2 is 1.88 bits per heavy atom. The lowest BCUT2D eigenvalue weighted by atomic mass is 10.0. The fourth-order valence-electron chi connectivity index (χ4n) is 1.97. The highest BCUT2D eigenvalue weighted by Crippen LogP contribution is 2.30. The molecule has 0 unspecified atom stereocenters. The van der Waals surface area contributed by atoms with Gasteiger partial charge in [0.15, 0.2) is 0 Å². The summed E-state index contributed by atoms with van der Waals surface area (Å²) in [5.41, 5.74) is 0.371. The normalized spacial score (nSPS) is 18.9. The number of benzene rings is 1. The van der Waals surface area contributed by atoms with Gasteiger partial charge in [0, 0.05) is 5.69 Å². The van der Waals surface area contributed by atoms with Gasteiger partial charge in [0.25, 0.3) is 5.91 Å². The van der Waals surface area contributed by atoms with Crippen molar-refractivity contribution in [1.82, 2.24) is 0 Å². The van der Waals surface area contributed by atoms with Gasteiger partial charge in [-0.15, -0.1) is 0 Å². The number of nitrogens with zero attached hydrogens (tertiary/aromatic N) is 2. The van der Waals surface area contributed by atoms with E-state index in [1.54, 1.807) is 0 Å². The lowest BCUT2D eigenvalue weighted by Gasteiger charge is -2.31. The summed E-state index contributed by atoms with van der Waals surface area (Å²) in [6.07, 6.45) is 3.75. The number of amidine groups is 1. The van der Waals surface area contributed by atoms with Crippen LogP contribution in [-0.4, -0.2) is 17.3 Å². The van der Waals surface area contributed by atoms with Gasteiger partial charge in [0.05, 0.1) is 0 Å². The predicted molar refractivity (Wildman–Crippen MR) is 70.3 cm³/mol. The molecule has 0 bridgehead atoms. The monoisotopic (exact) mass is 228 g/mol. The molecule has 1 aliphatic heterocycles. The Hall–Kier alpha value is -1.90. The van der Waals surface area contributed by atoms with Crippen LogP contribution in [0.4, 0.5) is 5.69 Å². The standard InChI is InChI=1S/C14H16N2O/c1-4-8-12-15-13(17)14(2,3)16(12)11-9-6-5-7-10-11/h4-10H,1-3H3. The minimum atomic E-state index is -0.615. The van der Waals surface area contributed by atoms with E-state index in [1.807, 2.05) is 68.2 Å². The summed E-state index contributed by atoms with van der Waals surface area (Å²) in [7, 11) is 0. The molecule has 1 amide bonds. The summed E-state index contributed by atoms with van der Waals surface area (Å²) >= 11 is 0. The molecule has 0 radical (unpaired) electrons. The first-order valence-electron chi connectivity index (χ1n) is 5.68. The van der Waals surface area contributed by atoms with Crippen LogP contribution in [0.1, 0.15) is 20.8 Å². The van der Waals surface area contributed by atoms with Gasteiger partial charge in [-0.2, -0.15) is 4.99 Å². The second-order valence-corrected chi connectivity index (χ2v) is 4.51. The molecule has 0 N–H and O–H groups in total. The number of hydrogen-bond donors (Lipinski definition) is 0. The summed E-state index contributed by atoms with van der Waals surface area (Å²) in [5.74, 6) is 0.600. The van der Waals surface area contributed by atoms with Crippen molar-refractivity contribution in [2.75, 3.05) is 4.90 Å². The van der Waals surface area contributed by atoms with E-state index >= 15 is 0 Å². The van der Waals surface area contributed by atoms with Crippen LogP contribution in [0.2, 0.25) is 0 Å². The molecule has 0 aromatic heterocycles. The van der Waals surface area contributed by atoms with Crippen LogP contribution in [0.25, 0.3) is 0 Å². The smallest absolute Gasteiger partial charge is 0.273 e. The fraction of sp³-hybridized carbons (Fsp3) is 0.286. The highest BCUT2D eigenvalue weighted by molar-refractivity contribution is 6.20. The molecule has 88 valence electrons. The highest BCUT2D eigenvalue weighted by atomic mass is 16.2. The molecular formula is C14H16N2O. The average Bonchev–Trinajstić information content (AvgIpc) is 2.51. The number of aliphatic imine (C=N–C) groups is 1. The maximum Gasteiger partial charge on any atom is 0.273 e. The molecule has 3 heteroatoms. The zero-order valence-corrected chi connectivity index (χ0v) is 10.3. The van der Waals surface area contributed by atoms with Gasteiger partial charge in [0.1, 0.15) is 11.4 Å². The van der Waals surface area contributed by atoms with Crippen LogP contribution in [0.5, 0.6) is 0 Å². The maximum atomic E-state index is 11.9. The van der Waals surface area contributed by atoms with Crippen LogP contribution in [0.15, 0.2) is 47.5 Å². The number of hydrogen-bond acceptors (Lipinski definition) is 2. The first-order valence-corrected chi connectivity index (χ1v) is 5.68. The molecule has 1 aromatic carbocycles. The Morgan fingerprint density at radius 3 is 2.47 bits per heavy atom. The van der Waals surface area contributed by atoms with Crippen molar-refractivity contribution in [1.29, 1.82) is 0 Å². The minimum Gasteiger partial charge on any atom is -0.312 e. The molecule has 0 fully saturated rings. The molecule has 1 aromatic rings. The van der Waals surface area contributed by atoms with Crippen molar-refractivity contribution in [2.24, 2.45) is 4.99 Å². The van der Waals surface area contributed by atoms with Crippen molar-refractivity contribution < 1.29 is 4.79 Å². The molecule has 1 heterocycles. The van der Waals surface area contributed by atoms with Gasteiger partial charge in [-0.1, -0.05) is 24.3 Å².